The molecule has 2 rings (SSSR count). The van der Waals surface area contributed by atoms with E-state index < -0.39 is 0 Å². The van der Waals surface area contributed by atoms with Gasteiger partial charge in [0.15, 0.2) is 0 Å². The summed E-state index contributed by atoms with van der Waals surface area (Å²) in [6, 6.07) is 6.18. The summed E-state index contributed by atoms with van der Waals surface area (Å²) in [5.41, 5.74) is 3.43. The maximum Gasteiger partial charge on any atom is 0.0675 e. The van der Waals surface area contributed by atoms with Crippen LogP contribution >= 0.6 is 34.2 Å². The van der Waals surface area contributed by atoms with Gasteiger partial charge in [0.1, 0.15) is 0 Å². The molecule has 0 saturated heterocycles. The van der Waals surface area contributed by atoms with Gasteiger partial charge in [-0.05, 0) is 46.7 Å². The molecule has 0 radical (unpaired) electrons. The minimum Gasteiger partial charge on any atom is -0.240 e. The zero-order valence-corrected chi connectivity index (χ0v) is 11.2. The van der Waals surface area contributed by atoms with Crippen LogP contribution in [-0.4, -0.2) is 9.78 Å². The number of nitrogens with zero attached hydrogens (tertiary/aromatic N) is 2. The fourth-order valence-electron chi connectivity index (χ4n) is 1.49. The molecule has 0 spiro atoms. The van der Waals surface area contributed by atoms with Crippen molar-refractivity contribution in [2.75, 3.05) is 0 Å². The monoisotopic (exact) mass is 332 g/mol. The summed E-state index contributed by atoms with van der Waals surface area (Å²) in [4.78, 5) is 0. The third-order valence-corrected chi connectivity index (χ3v) is 3.08. The highest BCUT2D eigenvalue weighted by molar-refractivity contribution is 14.1. The van der Waals surface area contributed by atoms with Crippen molar-refractivity contribution in [2.24, 2.45) is 0 Å². The van der Waals surface area contributed by atoms with Crippen LogP contribution in [0.1, 0.15) is 11.1 Å². The maximum absolute atomic E-state index is 5.78. The molecule has 78 valence electrons. The van der Waals surface area contributed by atoms with E-state index in [1.165, 1.54) is 5.56 Å². The van der Waals surface area contributed by atoms with Crippen LogP contribution in [0.25, 0.3) is 5.69 Å². The van der Waals surface area contributed by atoms with E-state index in [9.17, 15) is 0 Å². The number of benzene rings is 1. The minimum atomic E-state index is 0.553. The average molecular weight is 333 g/mol. The van der Waals surface area contributed by atoms with Crippen molar-refractivity contribution < 1.29 is 0 Å². The topological polar surface area (TPSA) is 17.8 Å². The van der Waals surface area contributed by atoms with Crippen LogP contribution in [0.3, 0.4) is 0 Å². The first-order chi connectivity index (χ1) is 7.20. The van der Waals surface area contributed by atoms with Crippen LogP contribution in [0.4, 0.5) is 0 Å². The normalized spacial score (nSPS) is 10.6. The maximum atomic E-state index is 5.78. The van der Waals surface area contributed by atoms with E-state index in [4.69, 9.17) is 11.6 Å². The lowest BCUT2D eigenvalue weighted by molar-refractivity contribution is 0.871. The predicted molar refractivity (Wildman–Crippen MR) is 70.6 cm³/mol. The van der Waals surface area contributed by atoms with Gasteiger partial charge < -0.3 is 0 Å². The Balaban J connectivity index is 2.45. The lowest BCUT2D eigenvalue weighted by Crippen LogP contribution is -1.97. The molecule has 0 unspecified atom stereocenters. The molecule has 0 saturated carbocycles. The van der Waals surface area contributed by atoms with Crippen molar-refractivity contribution in [3.8, 4) is 5.69 Å². The summed E-state index contributed by atoms with van der Waals surface area (Å²) < 4.78 is 3.02. The molecule has 0 N–H and O–H groups in total. The van der Waals surface area contributed by atoms with Gasteiger partial charge in [0, 0.05) is 12.1 Å². The summed E-state index contributed by atoms with van der Waals surface area (Å²) in [6.07, 6.45) is 3.85. The zero-order valence-electron chi connectivity index (χ0n) is 8.24. The second-order valence-corrected chi connectivity index (χ2v) is 4.87. The molecule has 1 heterocycles. The number of hydrogen-bond acceptors (Lipinski definition) is 1. The standard InChI is InChI=1S/C11H10ClIN2/c1-8-4-9(5-12)2-3-11(8)15-7-10(13)6-14-15/h2-4,6-7H,5H2,1H3. The van der Waals surface area contributed by atoms with Crippen LogP contribution in [0.15, 0.2) is 30.6 Å². The number of alkyl halides is 1. The predicted octanol–water partition coefficient (Wildman–Crippen LogP) is 3.52. The van der Waals surface area contributed by atoms with Crippen molar-refractivity contribution in [1.29, 1.82) is 0 Å². The fourth-order valence-corrected chi connectivity index (χ4v) is 2.04. The molecule has 4 heteroatoms. The zero-order chi connectivity index (χ0) is 10.8. The summed E-state index contributed by atoms with van der Waals surface area (Å²) in [5.74, 6) is 0.553. The molecule has 0 aliphatic carbocycles. The van der Waals surface area contributed by atoms with Gasteiger partial charge in [-0.2, -0.15) is 5.10 Å². The van der Waals surface area contributed by atoms with Crippen LogP contribution in [-0.2, 0) is 5.88 Å². The van der Waals surface area contributed by atoms with Crippen LogP contribution < -0.4 is 0 Å². The first-order valence-electron chi connectivity index (χ1n) is 4.57. The molecule has 15 heavy (non-hydrogen) atoms. The fraction of sp³-hybridized carbons (Fsp3) is 0.182. The molecule has 0 fully saturated rings. The molecule has 1 aromatic carbocycles. The Hall–Kier alpha value is -0.550. The molecular weight excluding hydrogens is 322 g/mol. The van der Waals surface area contributed by atoms with Crippen molar-refractivity contribution in [3.63, 3.8) is 0 Å². The average Bonchev–Trinajstić information content (AvgIpc) is 2.64. The highest BCUT2D eigenvalue weighted by Crippen LogP contribution is 2.17. The van der Waals surface area contributed by atoms with Crippen LogP contribution in [0.2, 0.25) is 0 Å². The smallest absolute Gasteiger partial charge is 0.0675 e. The highest BCUT2D eigenvalue weighted by atomic mass is 127. The van der Waals surface area contributed by atoms with Crippen molar-refractivity contribution >= 4 is 34.2 Å². The minimum absolute atomic E-state index is 0.553. The number of hydrogen-bond donors (Lipinski definition) is 0. The summed E-state index contributed by atoms with van der Waals surface area (Å²) in [5, 5.41) is 4.28. The van der Waals surface area contributed by atoms with Gasteiger partial charge in [0.05, 0.1) is 15.5 Å². The molecule has 1 aromatic heterocycles. The van der Waals surface area contributed by atoms with E-state index in [2.05, 4.69) is 46.7 Å². The van der Waals surface area contributed by atoms with E-state index in [1.54, 1.807) is 0 Å². The van der Waals surface area contributed by atoms with Crippen molar-refractivity contribution in [2.45, 2.75) is 12.8 Å². The first-order valence-corrected chi connectivity index (χ1v) is 6.18. The Morgan fingerprint density at radius 2 is 2.27 bits per heavy atom. The van der Waals surface area contributed by atoms with Gasteiger partial charge in [-0.15, -0.1) is 11.6 Å². The highest BCUT2D eigenvalue weighted by Gasteiger charge is 2.03. The quantitative estimate of drug-likeness (QED) is 0.608. The Morgan fingerprint density at radius 1 is 1.47 bits per heavy atom. The van der Waals surface area contributed by atoms with E-state index in [1.807, 2.05) is 23.1 Å². The molecule has 0 bridgehead atoms. The third-order valence-electron chi connectivity index (χ3n) is 2.21. The van der Waals surface area contributed by atoms with Gasteiger partial charge in [-0.1, -0.05) is 12.1 Å². The van der Waals surface area contributed by atoms with E-state index in [0.717, 1.165) is 14.8 Å². The molecule has 0 aliphatic rings. The SMILES string of the molecule is Cc1cc(CCl)ccc1-n1cc(I)cn1. The number of aromatic nitrogens is 2. The van der Waals surface area contributed by atoms with Crippen molar-refractivity contribution in [1.82, 2.24) is 9.78 Å². The largest absolute Gasteiger partial charge is 0.240 e. The van der Waals surface area contributed by atoms with Gasteiger partial charge in [0.2, 0.25) is 0 Å². The Kier molecular flexibility index (Phi) is 3.31. The van der Waals surface area contributed by atoms with E-state index >= 15 is 0 Å². The molecular formula is C11H10ClIN2. The molecule has 0 amide bonds. The second kappa shape index (κ2) is 4.53. The van der Waals surface area contributed by atoms with Gasteiger partial charge in [-0.25, -0.2) is 4.68 Å². The second-order valence-electron chi connectivity index (χ2n) is 3.36. The number of rotatable bonds is 2. The van der Waals surface area contributed by atoms with Gasteiger partial charge in [-0.3, -0.25) is 0 Å². The lowest BCUT2D eigenvalue weighted by atomic mass is 10.1. The lowest BCUT2D eigenvalue weighted by Gasteiger charge is -2.06. The Morgan fingerprint density at radius 3 is 2.80 bits per heavy atom. The van der Waals surface area contributed by atoms with E-state index in [-0.39, 0.29) is 0 Å². The summed E-state index contributed by atoms with van der Waals surface area (Å²) in [7, 11) is 0. The Bertz CT molecular complexity index is 479. The molecule has 0 aliphatic heterocycles. The van der Waals surface area contributed by atoms with Gasteiger partial charge >= 0.3 is 0 Å². The third kappa shape index (κ3) is 2.34. The molecule has 2 nitrogen and oxygen atoms in total. The summed E-state index contributed by atoms with van der Waals surface area (Å²) >= 11 is 8.03. The molecule has 2 aromatic rings. The summed E-state index contributed by atoms with van der Waals surface area (Å²) in [6.45, 7) is 2.07. The first kappa shape index (κ1) is 11.0. The molecule has 0 atom stereocenters. The Labute approximate surface area is 107 Å². The van der Waals surface area contributed by atoms with Gasteiger partial charge in [0.25, 0.3) is 0 Å². The van der Waals surface area contributed by atoms with Crippen LogP contribution in [0, 0.1) is 10.5 Å². The number of aryl methyl sites for hydroxylation is 1. The number of halogens is 2. The van der Waals surface area contributed by atoms with Crippen molar-refractivity contribution in [3.05, 3.63) is 45.3 Å². The van der Waals surface area contributed by atoms with Crippen LogP contribution in [0.5, 0.6) is 0 Å². The van der Waals surface area contributed by atoms with E-state index in [0.29, 0.717) is 5.88 Å².